The Labute approximate surface area is 194 Å². The summed E-state index contributed by atoms with van der Waals surface area (Å²) in [5.41, 5.74) is 4.17. The van der Waals surface area contributed by atoms with Crippen molar-refractivity contribution >= 4 is 23.1 Å². The smallest absolute Gasteiger partial charge is 0.282 e. The monoisotopic (exact) mass is 449 g/mol. The second-order valence-corrected chi connectivity index (χ2v) is 8.47. The summed E-state index contributed by atoms with van der Waals surface area (Å²) < 4.78 is 5.55. The molecule has 0 aliphatic carbocycles. The predicted octanol–water partition coefficient (Wildman–Crippen LogP) is 2.60. The quantitative estimate of drug-likeness (QED) is 0.655. The zero-order chi connectivity index (χ0) is 23.5. The van der Waals surface area contributed by atoms with Crippen molar-refractivity contribution < 1.29 is 19.4 Å². The first kappa shape index (κ1) is 23.0. The van der Waals surface area contributed by atoms with E-state index in [1.807, 2.05) is 68.1 Å². The van der Waals surface area contributed by atoms with E-state index in [2.05, 4.69) is 4.90 Å². The molecule has 2 amide bonds. The van der Waals surface area contributed by atoms with Crippen LogP contribution in [0.2, 0.25) is 0 Å². The fourth-order valence-corrected chi connectivity index (χ4v) is 4.57. The summed E-state index contributed by atoms with van der Waals surface area (Å²) in [6.45, 7) is 9.81. The number of aliphatic hydroxyl groups is 1. The maximum atomic E-state index is 13.7. The predicted molar refractivity (Wildman–Crippen MR) is 128 cm³/mol. The van der Waals surface area contributed by atoms with Crippen molar-refractivity contribution in [3.8, 4) is 5.75 Å². The summed E-state index contributed by atoms with van der Waals surface area (Å²) in [5, 5.41) is 9.25. The van der Waals surface area contributed by atoms with Gasteiger partial charge in [0, 0.05) is 32.7 Å². The molecular weight excluding hydrogens is 418 g/mol. The molecule has 4 rings (SSSR count). The van der Waals surface area contributed by atoms with Crippen LogP contribution in [0.25, 0.3) is 5.57 Å². The van der Waals surface area contributed by atoms with Gasteiger partial charge in [-0.25, -0.2) is 4.90 Å². The van der Waals surface area contributed by atoms with Gasteiger partial charge in [-0.05, 0) is 50.1 Å². The van der Waals surface area contributed by atoms with E-state index >= 15 is 0 Å². The summed E-state index contributed by atoms with van der Waals surface area (Å²) >= 11 is 0. The molecule has 2 aliphatic rings. The maximum absolute atomic E-state index is 13.7. The average Bonchev–Trinajstić information content (AvgIpc) is 3.06. The largest absolute Gasteiger partial charge is 0.494 e. The van der Waals surface area contributed by atoms with E-state index < -0.39 is 0 Å². The number of β-amino-alcohol motifs (C(OH)–C–C–N with tert-alkyl or cyclic N) is 1. The molecule has 0 aromatic heterocycles. The van der Waals surface area contributed by atoms with Crippen LogP contribution in [0.1, 0.15) is 23.6 Å². The number of piperazine rings is 1. The van der Waals surface area contributed by atoms with Gasteiger partial charge in [0.2, 0.25) is 0 Å². The van der Waals surface area contributed by atoms with Crippen LogP contribution < -0.4 is 9.64 Å². The molecule has 1 fully saturated rings. The van der Waals surface area contributed by atoms with Crippen LogP contribution in [-0.2, 0) is 9.59 Å². The molecule has 1 N–H and O–H groups in total. The second kappa shape index (κ2) is 9.77. The van der Waals surface area contributed by atoms with Crippen molar-refractivity contribution in [1.82, 2.24) is 9.80 Å². The molecular formula is C26H31N3O4. The van der Waals surface area contributed by atoms with Gasteiger partial charge in [-0.15, -0.1) is 0 Å². The van der Waals surface area contributed by atoms with Crippen molar-refractivity contribution in [2.75, 3.05) is 50.8 Å². The van der Waals surface area contributed by atoms with E-state index in [1.165, 1.54) is 4.90 Å². The third-order valence-electron chi connectivity index (χ3n) is 6.21. The van der Waals surface area contributed by atoms with Gasteiger partial charge >= 0.3 is 0 Å². The van der Waals surface area contributed by atoms with Gasteiger partial charge in [-0.2, -0.15) is 0 Å². The number of hydrogen-bond acceptors (Lipinski definition) is 6. The Kier molecular flexibility index (Phi) is 6.81. The number of anilines is 1. The zero-order valence-corrected chi connectivity index (χ0v) is 19.5. The number of nitrogens with zero attached hydrogens (tertiary/aromatic N) is 3. The number of amides is 2. The first-order valence-corrected chi connectivity index (χ1v) is 11.5. The zero-order valence-electron chi connectivity index (χ0n) is 19.5. The Bertz CT molecular complexity index is 1070. The third-order valence-corrected chi connectivity index (χ3v) is 6.21. The Morgan fingerprint density at radius 3 is 2.24 bits per heavy atom. The van der Waals surface area contributed by atoms with Crippen LogP contribution in [0.15, 0.2) is 48.2 Å². The lowest BCUT2D eigenvalue weighted by Gasteiger charge is -2.36. The van der Waals surface area contributed by atoms with E-state index in [0.29, 0.717) is 48.8 Å². The number of imide groups is 1. The fourth-order valence-electron chi connectivity index (χ4n) is 4.57. The van der Waals surface area contributed by atoms with Gasteiger partial charge in [0.1, 0.15) is 11.4 Å². The first-order valence-electron chi connectivity index (χ1n) is 11.5. The number of aryl methyl sites for hydroxylation is 2. The molecule has 0 bridgehead atoms. The van der Waals surface area contributed by atoms with Gasteiger partial charge < -0.3 is 14.7 Å². The SMILES string of the molecule is CCOc1ccc(C2=C(N3CCN(CCO)CC3)C(=O)N(c3ccc(C)cc3C)C2=O)cc1. The molecule has 174 valence electrons. The summed E-state index contributed by atoms with van der Waals surface area (Å²) in [5.74, 6) is 0.138. The Morgan fingerprint density at radius 1 is 0.939 bits per heavy atom. The molecule has 7 heteroatoms. The number of benzene rings is 2. The highest BCUT2D eigenvalue weighted by molar-refractivity contribution is 6.45. The topological polar surface area (TPSA) is 73.3 Å². The fraction of sp³-hybridized carbons (Fsp3) is 0.385. The molecule has 0 radical (unpaired) electrons. The first-order chi connectivity index (χ1) is 15.9. The Hall–Kier alpha value is -3.16. The van der Waals surface area contributed by atoms with E-state index in [0.717, 1.165) is 30.0 Å². The minimum Gasteiger partial charge on any atom is -0.494 e. The lowest BCUT2D eigenvalue weighted by atomic mass is 10.0. The molecule has 0 atom stereocenters. The molecule has 2 aromatic carbocycles. The minimum atomic E-state index is -0.302. The Balaban J connectivity index is 1.74. The number of aliphatic hydroxyl groups excluding tert-OH is 1. The lowest BCUT2D eigenvalue weighted by Crippen LogP contribution is -2.48. The second-order valence-electron chi connectivity index (χ2n) is 8.47. The highest BCUT2D eigenvalue weighted by Crippen LogP contribution is 2.37. The number of rotatable bonds is 7. The molecule has 33 heavy (non-hydrogen) atoms. The molecule has 7 nitrogen and oxygen atoms in total. The Morgan fingerprint density at radius 2 is 1.64 bits per heavy atom. The summed E-state index contributed by atoms with van der Waals surface area (Å²) in [6, 6.07) is 13.1. The highest BCUT2D eigenvalue weighted by atomic mass is 16.5. The van der Waals surface area contributed by atoms with Crippen molar-refractivity contribution in [3.63, 3.8) is 0 Å². The molecule has 2 heterocycles. The standard InChI is InChI=1S/C26H31N3O4/c1-4-33-21-8-6-20(7-9-21)23-24(28-13-11-27(12-14-28)15-16-30)26(32)29(25(23)31)22-10-5-18(2)17-19(22)3/h5-10,17,30H,4,11-16H2,1-3H3. The number of ether oxygens (including phenoxy) is 1. The van der Waals surface area contributed by atoms with Gasteiger partial charge in [0.05, 0.1) is 24.5 Å². The lowest BCUT2D eigenvalue weighted by molar-refractivity contribution is -0.120. The third kappa shape index (κ3) is 4.51. The van der Waals surface area contributed by atoms with E-state index in [1.54, 1.807) is 0 Å². The molecule has 0 unspecified atom stereocenters. The number of carbonyl (C=O) groups is 2. The highest BCUT2D eigenvalue weighted by Gasteiger charge is 2.43. The van der Waals surface area contributed by atoms with Gasteiger partial charge in [0.25, 0.3) is 11.8 Å². The van der Waals surface area contributed by atoms with Crippen molar-refractivity contribution in [2.45, 2.75) is 20.8 Å². The van der Waals surface area contributed by atoms with Crippen LogP contribution in [0.4, 0.5) is 5.69 Å². The summed E-state index contributed by atoms with van der Waals surface area (Å²) in [6.07, 6.45) is 0. The van der Waals surface area contributed by atoms with E-state index in [4.69, 9.17) is 4.74 Å². The van der Waals surface area contributed by atoms with Gasteiger partial charge in [-0.3, -0.25) is 14.5 Å². The van der Waals surface area contributed by atoms with Crippen LogP contribution in [-0.4, -0.2) is 72.7 Å². The van der Waals surface area contributed by atoms with Crippen molar-refractivity contribution in [3.05, 3.63) is 64.9 Å². The number of hydrogen-bond donors (Lipinski definition) is 1. The average molecular weight is 450 g/mol. The van der Waals surface area contributed by atoms with Crippen LogP contribution in [0, 0.1) is 13.8 Å². The van der Waals surface area contributed by atoms with Crippen molar-refractivity contribution in [2.24, 2.45) is 0 Å². The molecule has 0 saturated carbocycles. The van der Waals surface area contributed by atoms with Crippen LogP contribution >= 0.6 is 0 Å². The number of carbonyl (C=O) groups excluding carboxylic acids is 2. The normalized spacial score (nSPS) is 17.3. The van der Waals surface area contributed by atoms with Gasteiger partial charge in [-0.1, -0.05) is 29.8 Å². The van der Waals surface area contributed by atoms with E-state index in [-0.39, 0.29) is 18.4 Å². The maximum Gasteiger partial charge on any atom is 0.282 e. The van der Waals surface area contributed by atoms with Crippen molar-refractivity contribution in [1.29, 1.82) is 0 Å². The van der Waals surface area contributed by atoms with Crippen LogP contribution in [0.5, 0.6) is 5.75 Å². The molecule has 2 aromatic rings. The van der Waals surface area contributed by atoms with Gasteiger partial charge in [0.15, 0.2) is 0 Å². The molecule has 1 saturated heterocycles. The van der Waals surface area contributed by atoms with E-state index in [9.17, 15) is 14.7 Å². The minimum absolute atomic E-state index is 0.109. The molecule has 0 spiro atoms. The molecule has 2 aliphatic heterocycles. The summed E-state index contributed by atoms with van der Waals surface area (Å²) in [4.78, 5) is 33.0. The summed E-state index contributed by atoms with van der Waals surface area (Å²) in [7, 11) is 0. The van der Waals surface area contributed by atoms with Crippen LogP contribution in [0.3, 0.4) is 0 Å².